The van der Waals surface area contributed by atoms with Crippen molar-refractivity contribution in [1.82, 2.24) is 4.90 Å². The lowest BCUT2D eigenvalue weighted by molar-refractivity contribution is -0.135. The molecule has 1 heterocycles. The summed E-state index contributed by atoms with van der Waals surface area (Å²) in [7, 11) is 0. The Morgan fingerprint density at radius 1 is 1.05 bits per heavy atom. The zero-order valence-corrected chi connectivity index (χ0v) is 12.8. The number of carbonyl (C=O) groups is 1. The van der Waals surface area contributed by atoms with Crippen LogP contribution in [0.4, 0.5) is 0 Å². The van der Waals surface area contributed by atoms with Gasteiger partial charge in [-0.15, -0.1) is 0 Å². The van der Waals surface area contributed by atoms with E-state index in [0.29, 0.717) is 24.9 Å². The Bertz CT molecular complexity index is 349. The summed E-state index contributed by atoms with van der Waals surface area (Å²) in [6.07, 6.45) is 13.4. The Balaban J connectivity index is 1.63. The molecule has 0 aromatic rings. The summed E-state index contributed by atoms with van der Waals surface area (Å²) in [5, 5.41) is 0. The van der Waals surface area contributed by atoms with Gasteiger partial charge >= 0.3 is 0 Å². The van der Waals surface area contributed by atoms with Crippen LogP contribution in [0, 0.1) is 11.3 Å². The standard InChI is InChI=1S/C17H30N2O/c18-13-17(9-4-1-5-10-17)12-16(20)19-11-8-14-6-2-3-7-15(14)19/h14-15H,1-13,18H2. The third-order valence-corrected chi connectivity index (χ3v) is 6.20. The smallest absolute Gasteiger partial charge is 0.223 e. The van der Waals surface area contributed by atoms with Crippen LogP contribution in [-0.2, 0) is 4.79 Å². The summed E-state index contributed by atoms with van der Waals surface area (Å²) < 4.78 is 0. The molecule has 3 heteroatoms. The largest absolute Gasteiger partial charge is 0.339 e. The summed E-state index contributed by atoms with van der Waals surface area (Å²) in [5.41, 5.74) is 6.17. The predicted molar refractivity (Wildman–Crippen MR) is 81.3 cm³/mol. The fourth-order valence-electron chi connectivity index (χ4n) is 4.89. The van der Waals surface area contributed by atoms with Gasteiger partial charge in [-0.3, -0.25) is 4.79 Å². The first-order valence-corrected chi connectivity index (χ1v) is 8.74. The number of fused-ring (bicyclic) bond motifs is 1. The summed E-state index contributed by atoms with van der Waals surface area (Å²) in [4.78, 5) is 15.0. The lowest BCUT2D eigenvalue weighted by atomic mass is 9.71. The van der Waals surface area contributed by atoms with Gasteiger partial charge in [0.05, 0.1) is 0 Å². The van der Waals surface area contributed by atoms with Crippen molar-refractivity contribution in [1.29, 1.82) is 0 Å². The highest BCUT2D eigenvalue weighted by molar-refractivity contribution is 5.77. The number of hydrogen-bond donors (Lipinski definition) is 1. The number of rotatable bonds is 3. The molecule has 2 N–H and O–H groups in total. The van der Waals surface area contributed by atoms with Crippen LogP contribution >= 0.6 is 0 Å². The van der Waals surface area contributed by atoms with E-state index in [2.05, 4.69) is 4.90 Å². The van der Waals surface area contributed by atoms with Crippen LogP contribution in [0.1, 0.15) is 70.6 Å². The molecule has 2 aliphatic carbocycles. The highest BCUT2D eigenvalue weighted by atomic mass is 16.2. The van der Waals surface area contributed by atoms with Gasteiger partial charge in [-0.25, -0.2) is 0 Å². The average Bonchev–Trinajstić information content (AvgIpc) is 2.92. The van der Waals surface area contributed by atoms with Crippen molar-refractivity contribution >= 4 is 5.91 Å². The van der Waals surface area contributed by atoms with Crippen molar-refractivity contribution in [2.45, 2.75) is 76.7 Å². The molecule has 114 valence electrons. The molecule has 20 heavy (non-hydrogen) atoms. The molecule has 3 aliphatic rings. The minimum atomic E-state index is 0.127. The molecule has 3 fully saturated rings. The van der Waals surface area contributed by atoms with Crippen LogP contribution < -0.4 is 5.73 Å². The van der Waals surface area contributed by atoms with Crippen molar-refractivity contribution < 1.29 is 4.79 Å². The predicted octanol–water partition coefficient (Wildman–Crippen LogP) is 3.08. The SMILES string of the molecule is NCC1(CC(=O)N2CCC3CCCCC32)CCCCC1. The second kappa shape index (κ2) is 6.05. The maximum atomic E-state index is 12.8. The van der Waals surface area contributed by atoms with E-state index in [4.69, 9.17) is 5.73 Å². The van der Waals surface area contributed by atoms with E-state index in [1.165, 1.54) is 51.4 Å². The van der Waals surface area contributed by atoms with E-state index < -0.39 is 0 Å². The summed E-state index contributed by atoms with van der Waals surface area (Å²) in [6.45, 7) is 1.70. The molecule has 2 unspecified atom stereocenters. The molecule has 0 aromatic heterocycles. The van der Waals surface area contributed by atoms with Crippen molar-refractivity contribution in [3.63, 3.8) is 0 Å². The van der Waals surface area contributed by atoms with Crippen molar-refractivity contribution in [3.05, 3.63) is 0 Å². The van der Waals surface area contributed by atoms with E-state index in [1.807, 2.05) is 0 Å². The Kier molecular flexibility index (Phi) is 4.34. The minimum Gasteiger partial charge on any atom is -0.339 e. The lowest BCUT2D eigenvalue weighted by Gasteiger charge is -2.38. The topological polar surface area (TPSA) is 46.3 Å². The fourth-order valence-corrected chi connectivity index (χ4v) is 4.89. The number of carbonyl (C=O) groups excluding carboxylic acids is 1. The average molecular weight is 278 g/mol. The first-order chi connectivity index (χ1) is 9.74. The zero-order valence-electron chi connectivity index (χ0n) is 12.8. The van der Waals surface area contributed by atoms with Crippen LogP contribution in [0.5, 0.6) is 0 Å². The molecule has 2 atom stereocenters. The number of nitrogens with zero attached hydrogens (tertiary/aromatic N) is 1. The molecule has 1 aliphatic heterocycles. The third kappa shape index (κ3) is 2.74. The summed E-state index contributed by atoms with van der Waals surface area (Å²) in [5.74, 6) is 1.21. The van der Waals surface area contributed by atoms with Gasteiger partial charge < -0.3 is 10.6 Å². The second-order valence-electron chi connectivity index (χ2n) is 7.43. The fraction of sp³-hybridized carbons (Fsp3) is 0.941. The summed E-state index contributed by atoms with van der Waals surface area (Å²) in [6, 6.07) is 0.565. The van der Waals surface area contributed by atoms with Crippen LogP contribution in [0.3, 0.4) is 0 Å². The number of hydrogen-bond acceptors (Lipinski definition) is 2. The number of likely N-dealkylation sites (tertiary alicyclic amines) is 1. The van der Waals surface area contributed by atoms with E-state index in [1.54, 1.807) is 0 Å². The van der Waals surface area contributed by atoms with Gasteiger partial charge in [0.2, 0.25) is 5.91 Å². The molecule has 0 aromatic carbocycles. The number of amides is 1. The Morgan fingerprint density at radius 2 is 1.80 bits per heavy atom. The third-order valence-electron chi connectivity index (χ3n) is 6.20. The van der Waals surface area contributed by atoms with Crippen LogP contribution in [0.25, 0.3) is 0 Å². The zero-order chi connectivity index (χ0) is 14.0. The van der Waals surface area contributed by atoms with Crippen molar-refractivity contribution in [3.8, 4) is 0 Å². The van der Waals surface area contributed by atoms with Gasteiger partial charge in [-0.1, -0.05) is 32.1 Å². The van der Waals surface area contributed by atoms with Gasteiger partial charge in [-0.05, 0) is 50.0 Å². The molecular weight excluding hydrogens is 248 g/mol. The molecule has 0 radical (unpaired) electrons. The van der Waals surface area contributed by atoms with Gasteiger partial charge in [0.25, 0.3) is 0 Å². The first-order valence-electron chi connectivity index (χ1n) is 8.74. The van der Waals surface area contributed by atoms with Crippen LogP contribution in [-0.4, -0.2) is 29.9 Å². The Hall–Kier alpha value is -0.570. The minimum absolute atomic E-state index is 0.127. The van der Waals surface area contributed by atoms with Crippen LogP contribution in [0.15, 0.2) is 0 Å². The van der Waals surface area contributed by atoms with Crippen LogP contribution in [0.2, 0.25) is 0 Å². The molecule has 1 amide bonds. The maximum Gasteiger partial charge on any atom is 0.223 e. The highest BCUT2D eigenvalue weighted by Crippen LogP contribution is 2.41. The van der Waals surface area contributed by atoms with Gasteiger partial charge in [0, 0.05) is 19.0 Å². The highest BCUT2D eigenvalue weighted by Gasteiger charge is 2.41. The summed E-state index contributed by atoms with van der Waals surface area (Å²) >= 11 is 0. The van der Waals surface area contributed by atoms with E-state index >= 15 is 0 Å². The maximum absolute atomic E-state index is 12.8. The van der Waals surface area contributed by atoms with E-state index in [-0.39, 0.29) is 5.41 Å². The molecule has 3 rings (SSSR count). The first kappa shape index (κ1) is 14.4. The normalized spacial score (nSPS) is 33.0. The van der Waals surface area contributed by atoms with E-state index in [9.17, 15) is 4.79 Å². The van der Waals surface area contributed by atoms with E-state index in [0.717, 1.165) is 25.3 Å². The molecule has 0 bridgehead atoms. The van der Waals surface area contributed by atoms with Gasteiger partial charge in [0.1, 0.15) is 0 Å². The molecule has 1 saturated heterocycles. The Morgan fingerprint density at radius 3 is 2.55 bits per heavy atom. The molecule has 3 nitrogen and oxygen atoms in total. The van der Waals surface area contributed by atoms with Gasteiger partial charge in [0.15, 0.2) is 0 Å². The van der Waals surface area contributed by atoms with Crippen molar-refractivity contribution in [2.24, 2.45) is 17.1 Å². The molecule has 2 saturated carbocycles. The number of nitrogens with two attached hydrogens (primary N) is 1. The molecule has 0 spiro atoms. The monoisotopic (exact) mass is 278 g/mol. The Labute approximate surface area is 123 Å². The quantitative estimate of drug-likeness (QED) is 0.862. The van der Waals surface area contributed by atoms with Gasteiger partial charge in [-0.2, -0.15) is 0 Å². The lowest BCUT2D eigenvalue weighted by Crippen LogP contribution is -2.44. The molecular formula is C17H30N2O. The van der Waals surface area contributed by atoms with Crippen molar-refractivity contribution in [2.75, 3.05) is 13.1 Å². The second-order valence-corrected chi connectivity index (χ2v) is 7.43.